The largest absolute Gasteiger partial charge is 0.266 e. The standard InChI is InChI=1S/C2H3N3.2ClH.Pd/c1-2-4-5-3-1;;;/h1-2H,(H,3,4,5);2*1H;/q;;;+2/p-2. The van der Waals surface area contributed by atoms with Crippen LogP contribution < -0.4 is 0 Å². The van der Waals surface area contributed by atoms with Gasteiger partial charge < -0.3 is 0 Å². The van der Waals surface area contributed by atoms with E-state index >= 15 is 0 Å². The van der Waals surface area contributed by atoms with Crippen LogP contribution >= 0.6 is 19.1 Å². The molecule has 0 fully saturated rings. The van der Waals surface area contributed by atoms with Crippen molar-refractivity contribution in [3.8, 4) is 0 Å². The SMILES string of the molecule is [Cl][Pd][Cl].c1c[nH]nn1. The summed E-state index contributed by atoms with van der Waals surface area (Å²) in [7, 11) is 9.63. The Kier molecular flexibility index (Phi) is 7.74. The minimum atomic E-state index is -0.106. The second kappa shape index (κ2) is 7.38. The molecule has 6 heteroatoms. The number of rotatable bonds is 0. The van der Waals surface area contributed by atoms with Gasteiger partial charge >= 0.3 is 35.0 Å². The van der Waals surface area contributed by atoms with Crippen molar-refractivity contribution in [3.05, 3.63) is 12.4 Å². The van der Waals surface area contributed by atoms with Gasteiger partial charge in [0.05, 0.1) is 6.20 Å². The Morgan fingerprint density at radius 2 is 2.12 bits per heavy atom. The van der Waals surface area contributed by atoms with E-state index in [-0.39, 0.29) is 15.9 Å². The van der Waals surface area contributed by atoms with Crippen LogP contribution in [0.3, 0.4) is 0 Å². The Labute approximate surface area is 62.9 Å². The van der Waals surface area contributed by atoms with Gasteiger partial charge in [0, 0.05) is 6.20 Å². The van der Waals surface area contributed by atoms with E-state index in [0.29, 0.717) is 0 Å². The van der Waals surface area contributed by atoms with Gasteiger partial charge in [0.15, 0.2) is 0 Å². The van der Waals surface area contributed by atoms with Crippen LogP contribution in [0.25, 0.3) is 0 Å². The van der Waals surface area contributed by atoms with Crippen LogP contribution in [0.15, 0.2) is 12.4 Å². The molecule has 1 aromatic heterocycles. The topological polar surface area (TPSA) is 41.6 Å². The van der Waals surface area contributed by atoms with Crippen LogP contribution in [0.1, 0.15) is 0 Å². The number of aromatic nitrogens is 3. The predicted molar refractivity (Wildman–Crippen MR) is 28.1 cm³/mol. The molecule has 1 N–H and O–H groups in total. The molecule has 8 heavy (non-hydrogen) atoms. The van der Waals surface area contributed by atoms with Crippen LogP contribution in [0.5, 0.6) is 0 Å². The summed E-state index contributed by atoms with van der Waals surface area (Å²) in [6.45, 7) is 0. The molecule has 1 aromatic rings. The summed E-state index contributed by atoms with van der Waals surface area (Å²) in [6.07, 6.45) is 3.24. The molecule has 0 aliphatic carbocycles. The van der Waals surface area contributed by atoms with Crippen molar-refractivity contribution in [3.63, 3.8) is 0 Å². The van der Waals surface area contributed by atoms with Gasteiger partial charge in [-0.3, -0.25) is 5.10 Å². The van der Waals surface area contributed by atoms with Gasteiger partial charge in [-0.05, 0) is 0 Å². The zero-order valence-electron chi connectivity index (χ0n) is 3.62. The predicted octanol–water partition coefficient (Wildman–Crippen LogP) is 1.18. The molecule has 0 saturated carbocycles. The first kappa shape index (κ1) is 8.38. The van der Waals surface area contributed by atoms with E-state index < -0.39 is 0 Å². The van der Waals surface area contributed by atoms with Crippen molar-refractivity contribution in [2.75, 3.05) is 0 Å². The third-order valence-electron chi connectivity index (χ3n) is 0.331. The van der Waals surface area contributed by atoms with E-state index in [0.717, 1.165) is 0 Å². The van der Waals surface area contributed by atoms with E-state index in [2.05, 4.69) is 15.4 Å². The molecule has 0 amide bonds. The maximum Gasteiger partial charge on any atom is 0.0690 e. The van der Waals surface area contributed by atoms with Gasteiger partial charge in [0.2, 0.25) is 0 Å². The number of hydrogen-bond donors (Lipinski definition) is 1. The molecule has 3 nitrogen and oxygen atoms in total. The maximum atomic E-state index is 4.81. The Bertz CT molecular complexity index is 82.2. The number of aromatic amines is 1. The summed E-state index contributed by atoms with van der Waals surface area (Å²) in [5, 5.41) is 9.26. The average Bonchev–Trinajstić information content (AvgIpc) is 2.17. The van der Waals surface area contributed by atoms with E-state index in [1.807, 2.05) is 0 Å². The zero-order chi connectivity index (χ0) is 6.24. The summed E-state index contributed by atoms with van der Waals surface area (Å²) in [5.74, 6) is 0. The first-order valence-corrected chi connectivity index (χ1v) is 5.55. The van der Waals surface area contributed by atoms with Crippen LogP contribution in [-0.4, -0.2) is 15.4 Å². The van der Waals surface area contributed by atoms with Gasteiger partial charge in [-0.1, -0.05) is 5.21 Å². The van der Waals surface area contributed by atoms with Gasteiger partial charge in [0.1, 0.15) is 0 Å². The van der Waals surface area contributed by atoms with Crippen molar-refractivity contribution in [2.45, 2.75) is 0 Å². The van der Waals surface area contributed by atoms with Crippen molar-refractivity contribution < 1.29 is 15.9 Å². The minimum absolute atomic E-state index is 0.106. The Balaban J connectivity index is 0.000000145. The van der Waals surface area contributed by atoms with Crippen LogP contribution in [0.4, 0.5) is 0 Å². The molecule has 1 rings (SSSR count). The van der Waals surface area contributed by atoms with Crippen molar-refractivity contribution >= 4 is 19.1 Å². The van der Waals surface area contributed by atoms with Gasteiger partial charge in [-0.15, -0.1) is 5.10 Å². The molecule has 0 radical (unpaired) electrons. The number of hydrogen-bond acceptors (Lipinski definition) is 2. The van der Waals surface area contributed by atoms with Crippen molar-refractivity contribution in [1.82, 2.24) is 15.4 Å². The Hall–Kier alpha value is 0.382. The molecular weight excluding hydrogens is 243 g/mol. The molecule has 0 aromatic carbocycles. The fourth-order valence-corrected chi connectivity index (χ4v) is 0.167. The Morgan fingerprint density at radius 3 is 2.25 bits per heavy atom. The van der Waals surface area contributed by atoms with Crippen molar-refractivity contribution in [2.24, 2.45) is 0 Å². The molecule has 0 aliphatic heterocycles. The monoisotopic (exact) mass is 245 g/mol. The van der Waals surface area contributed by atoms with E-state index in [1.165, 1.54) is 0 Å². The van der Waals surface area contributed by atoms with Gasteiger partial charge in [0.25, 0.3) is 0 Å². The third kappa shape index (κ3) is 6.38. The van der Waals surface area contributed by atoms with E-state index in [4.69, 9.17) is 19.1 Å². The second-order valence-electron chi connectivity index (χ2n) is 0.705. The molecule has 0 saturated heterocycles. The van der Waals surface area contributed by atoms with Crippen LogP contribution in [-0.2, 0) is 15.9 Å². The van der Waals surface area contributed by atoms with Gasteiger partial charge in [-0.2, -0.15) is 0 Å². The molecule has 0 aliphatic rings. The van der Waals surface area contributed by atoms with E-state index in [9.17, 15) is 0 Å². The number of nitrogens with zero attached hydrogens (tertiary/aromatic N) is 2. The molecule has 0 atom stereocenters. The smallest absolute Gasteiger partial charge is 0.0690 e. The fourth-order valence-electron chi connectivity index (χ4n) is 0.167. The molecule has 1 heterocycles. The summed E-state index contributed by atoms with van der Waals surface area (Å²) < 4.78 is 0. The first-order valence-electron chi connectivity index (χ1n) is 1.54. The first-order chi connectivity index (χ1) is 3.91. The number of nitrogens with one attached hydrogen (secondary N) is 1. The normalized spacial score (nSPS) is 7.75. The number of halogens is 2. The number of H-pyrrole nitrogens is 1. The summed E-state index contributed by atoms with van der Waals surface area (Å²) in [6, 6.07) is 0. The quantitative estimate of drug-likeness (QED) is 0.699. The second-order valence-corrected chi connectivity index (χ2v) is 3.07. The average molecular weight is 246 g/mol. The molecule has 0 bridgehead atoms. The summed E-state index contributed by atoms with van der Waals surface area (Å²) in [5.41, 5.74) is 0. The van der Waals surface area contributed by atoms with Gasteiger partial charge in [-0.25, -0.2) is 0 Å². The molecule has 0 unspecified atom stereocenters. The molecule has 50 valence electrons. The maximum absolute atomic E-state index is 4.81. The van der Waals surface area contributed by atoms with Crippen LogP contribution in [0.2, 0.25) is 0 Å². The van der Waals surface area contributed by atoms with Crippen molar-refractivity contribution in [1.29, 1.82) is 0 Å². The summed E-state index contributed by atoms with van der Waals surface area (Å²) in [4.78, 5) is 0. The molecule has 0 spiro atoms. The molecular formula is C2H3Cl2N3Pd. The zero-order valence-corrected chi connectivity index (χ0v) is 6.69. The van der Waals surface area contributed by atoms with E-state index in [1.54, 1.807) is 12.4 Å². The summed E-state index contributed by atoms with van der Waals surface area (Å²) >= 11 is -0.106. The fraction of sp³-hybridized carbons (Fsp3) is 0. The van der Waals surface area contributed by atoms with Crippen LogP contribution in [0, 0.1) is 0 Å². The third-order valence-corrected chi connectivity index (χ3v) is 0.331. The Morgan fingerprint density at radius 1 is 1.50 bits per heavy atom. The minimum Gasteiger partial charge on any atom is -0.266 e.